The van der Waals surface area contributed by atoms with Crippen LogP contribution in [0.25, 0.3) is 0 Å². The average Bonchev–Trinajstić information content (AvgIpc) is 3.12. The van der Waals surface area contributed by atoms with E-state index in [0.717, 1.165) is 0 Å². The Bertz CT molecular complexity index is 948. The number of carbonyl (C=O) groups is 2. The van der Waals surface area contributed by atoms with Gasteiger partial charge in [0, 0.05) is 29.0 Å². The van der Waals surface area contributed by atoms with Crippen LogP contribution in [-0.2, 0) is 9.63 Å². The van der Waals surface area contributed by atoms with Crippen LogP contribution in [0.15, 0.2) is 48.5 Å². The van der Waals surface area contributed by atoms with Gasteiger partial charge in [-0.2, -0.15) is 0 Å². The van der Waals surface area contributed by atoms with E-state index in [9.17, 15) is 9.59 Å². The zero-order valence-electron chi connectivity index (χ0n) is 15.5. The third-order valence-electron chi connectivity index (χ3n) is 5.18. The van der Waals surface area contributed by atoms with Crippen molar-refractivity contribution in [3.8, 4) is 0 Å². The second-order valence-corrected chi connectivity index (χ2v) is 8.81. The molecular weight excluding hydrogens is 399 g/mol. The Morgan fingerprint density at radius 2 is 1.89 bits per heavy atom. The van der Waals surface area contributed by atoms with Gasteiger partial charge in [-0.25, -0.2) is 5.06 Å². The molecule has 5 nitrogen and oxygen atoms in total. The van der Waals surface area contributed by atoms with Crippen molar-refractivity contribution >= 4 is 40.6 Å². The lowest BCUT2D eigenvalue weighted by atomic mass is 9.86. The topological polar surface area (TPSA) is 58.6 Å². The van der Waals surface area contributed by atoms with E-state index in [1.54, 1.807) is 23.3 Å². The Labute approximate surface area is 173 Å². The lowest BCUT2D eigenvalue weighted by Gasteiger charge is -2.25. The van der Waals surface area contributed by atoms with Gasteiger partial charge in [-0.3, -0.25) is 14.4 Å². The molecule has 0 bridgehead atoms. The number of rotatable bonds is 3. The molecule has 2 atom stereocenters. The van der Waals surface area contributed by atoms with Gasteiger partial charge in [-0.15, -0.1) is 0 Å². The van der Waals surface area contributed by atoms with Crippen molar-refractivity contribution < 1.29 is 14.4 Å². The lowest BCUT2D eigenvalue weighted by molar-refractivity contribution is -0.137. The molecule has 2 aromatic carbocycles. The summed E-state index contributed by atoms with van der Waals surface area (Å²) in [6.45, 7) is 3.89. The molecule has 2 fully saturated rings. The fourth-order valence-electron chi connectivity index (χ4n) is 4.06. The summed E-state index contributed by atoms with van der Waals surface area (Å²) in [5, 5.41) is 5.26. The minimum absolute atomic E-state index is 0.198. The normalized spacial score (nSPS) is 25.9. The molecule has 0 unspecified atom stereocenters. The number of anilines is 1. The molecule has 146 valence electrons. The molecule has 2 aliphatic rings. The van der Waals surface area contributed by atoms with Crippen LogP contribution in [0.5, 0.6) is 0 Å². The highest BCUT2D eigenvalue weighted by Crippen LogP contribution is 2.44. The molecular formula is C21H20Cl2N2O3. The molecule has 0 radical (unpaired) electrons. The maximum Gasteiger partial charge on any atom is 0.255 e. The van der Waals surface area contributed by atoms with Gasteiger partial charge in [0.05, 0.1) is 10.7 Å². The van der Waals surface area contributed by atoms with Gasteiger partial charge in [0.1, 0.15) is 6.04 Å². The number of ketones is 1. The van der Waals surface area contributed by atoms with Crippen LogP contribution in [0.1, 0.15) is 37.0 Å². The molecule has 2 heterocycles. The largest absolute Gasteiger partial charge is 0.348 e. The van der Waals surface area contributed by atoms with E-state index in [-0.39, 0.29) is 23.1 Å². The lowest BCUT2D eigenvalue weighted by Crippen LogP contribution is -2.39. The van der Waals surface area contributed by atoms with Gasteiger partial charge in [-0.1, -0.05) is 41.4 Å². The number of halogens is 2. The van der Waals surface area contributed by atoms with Crippen LogP contribution in [0.4, 0.5) is 5.69 Å². The zero-order valence-corrected chi connectivity index (χ0v) is 17.1. The summed E-state index contributed by atoms with van der Waals surface area (Å²) in [6.07, 6.45) is 0.718. The summed E-state index contributed by atoms with van der Waals surface area (Å²) in [6, 6.07) is 13.4. The van der Waals surface area contributed by atoms with E-state index in [4.69, 9.17) is 28.0 Å². The zero-order chi connectivity index (χ0) is 20.1. The summed E-state index contributed by atoms with van der Waals surface area (Å²) < 4.78 is 0. The minimum atomic E-state index is -1.08. The summed E-state index contributed by atoms with van der Waals surface area (Å²) in [4.78, 5) is 32.4. The van der Waals surface area contributed by atoms with Crippen LogP contribution in [0.3, 0.4) is 0 Å². The quantitative estimate of drug-likeness (QED) is 0.749. The predicted molar refractivity (Wildman–Crippen MR) is 109 cm³/mol. The smallest absolute Gasteiger partial charge is 0.255 e. The Hall–Kier alpha value is -2.08. The molecule has 1 amide bonds. The molecule has 2 saturated heterocycles. The van der Waals surface area contributed by atoms with Gasteiger partial charge in [0.25, 0.3) is 5.91 Å². The van der Waals surface area contributed by atoms with Crippen LogP contribution in [0.2, 0.25) is 10.0 Å². The predicted octanol–water partition coefficient (Wildman–Crippen LogP) is 4.42. The summed E-state index contributed by atoms with van der Waals surface area (Å²) >= 11 is 12.2. The van der Waals surface area contributed by atoms with Gasteiger partial charge >= 0.3 is 0 Å². The molecule has 4 rings (SSSR count). The van der Waals surface area contributed by atoms with Crippen LogP contribution in [-0.4, -0.2) is 28.9 Å². The van der Waals surface area contributed by atoms with E-state index in [1.807, 2.05) is 44.2 Å². The summed E-state index contributed by atoms with van der Waals surface area (Å²) in [5.74, 6) is -0.407. The Kier molecular flexibility index (Phi) is 4.65. The van der Waals surface area contributed by atoms with Gasteiger partial charge in [-0.05, 0) is 44.2 Å². The Morgan fingerprint density at radius 1 is 1.18 bits per heavy atom. The first-order chi connectivity index (χ1) is 13.2. The molecule has 2 aliphatic heterocycles. The number of hydrogen-bond donors (Lipinski definition) is 1. The number of benzene rings is 2. The van der Waals surface area contributed by atoms with Crippen molar-refractivity contribution in [1.82, 2.24) is 5.32 Å². The van der Waals surface area contributed by atoms with Crippen molar-refractivity contribution in [1.29, 1.82) is 0 Å². The minimum Gasteiger partial charge on any atom is -0.348 e. The molecule has 0 saturated carbocycles. The van der Waals surface area contributed by atoms with Gasteiger partial charge in [0.15, 0.2) is 11.4 Å². The molecule has 28 heavy (non-hydrogen) atoms. The average molecular weight is 419 g/mol. The standard InChI is InChI=1S/C21H20Cl2N2O3/c1-20(2)12-21(19(27)24-20)11-17(25(28-21)14-6-4-3-5-7-14)18(26)15-9-8-13(22)10-16(15)23/h3-10,17H,11-12H2,1-2H3,(H,24,27)/t17-,21+/m1/s1. The van der Waals surface area contributed by atoms with Crippen LogP contribution >= 0.6 is 23.2 Å². The highest BCUT2D eigenvalue weighted by atomic mass is 35.5. The fourth-order valence-corrected chi connectivity index (χ4v) is 4.56. The van der Waals surface area contributed by atoms with E-state index < -0.39 is 17.2 Å². The van der Waals surface area contributed by atoms with E-state index in [1.165, 1.54) is 0 Å². The van der Waals surface area contributed by atoms with Crippen LogP contribution in [0, 0.1) is 0 Å². The summed E-state index contributed by atoms with van der Waals surface area (Å²) in [7, 11) is 0. The highest BCUT2D eigenvalue weighted by Gasteiger charge is 2.60. The maximum absolute atomic E-state index is 13.4. The Morgan fingerprint density at radius 3 is 2.50 bits per heavy atom. The Balaban J connectivity index is 1.75. The van der Waals surface area contributed by atoms with E-state index >= 15 is 0 Å². The monoisotopic (exact) mass is 418 g/mol. The molecule has 2 aromatic rings. The number of nitrogens with one attached hydrogen (secondary N) is 1. The first-order valence-electron chi connectivity index (χ1n) is 9.06. The van der Waals surface area contributed by atoms with Crippen molar-refractivity contribution in [3.05, 3.63) is 64.1 Å². The van der Waals surface area contributed by atoms with Crippen molar-refractivity contribution in [2.45, 2.75) is 43.9 Å². The molecule has 7 heteroatoms. The molecule has 0 aromatic heterocycles. The number of hydrogen-bond acceptors (Lipinski definition) is 4. The van der Waals surface area contributed by atoms with Crippen LogP contribution < -0.4 is 10.4 Å². The number of nitrogens with zero attached hydrogens (tertiary/aromatic N) is 1. The van der Waals surface area contributed by atoms with Crippen molar-refractivity contribution in [3.63, 3.8) is 0 Å². The third kappa shape index (κ3) is 3.28. The van der Waals surface area contributed by atoms with E-state index in [2.05, 4.69) is 5.32 Å². The highest BCUT2D eigenvalue weighted by molar-refractivity contribution is 6.37. The molecule has 1 N–H and O–H groups in total. The van der Waals surface area contributed by atoms with E-state index in [0.29, 0.717) is 22.7 Å². The second kappa shape index (κ2) is 6.76. The van der Waals surface area contributed by atoms with Gasteiger partial charge in [0.2, 0.25) is 0 Å². The third-order valence-corrected chi connectivity index (χ3v) is 5.73. The maximum atomic E-state index is 13.4. The molecule has 1 spiro atoms. The first kappa shape index (κ1) is 19.2. The second-order valence-electron chi connectivity index (χ2n) is 7.97. The molecule has 0 aliphatic carbocycles. The van der Waals surface area contributed by atoms with Gasteiger partial charge < -0.3 is 5.32 Å². The van der Waals surface area contributed by atoms with Crippen molar-refractivity contribution in [2.24, 2.45) is 0 Å². The SMILES string of the molecule is CC1(C)C[C@@]2(C[C@H](C(=O)c3ccc(Cl)cc3Cl)N(c3ccccc3)O2)C(=O)N1. The number of amides is 1. The summed E-state index contributed by atoms with van der Waals surface area (Å²) in [5.41, 5.74) is -0.427. The number of hydroxylamine groups is 1. The fraction of sp³-hybridized carbons (Fsp3) is 0.333. The number of Topliss-reactive ketones (excluding diaryl/α,β-unsaturated/α-hetero) is 1. The first-order valence-corrected chi connectivity index (χ1v) is 9.82. The number of carbonyl (C=O) groups excluding carboxylic acids is 2. The van der Waals surface area contributed by atoms with Crippen molar-refractivity contribution in [2.75, 3.05) is 5.06 Å². The number of para-hydroxylation sites is 1.